The maximum atomic E-state index is 12.3. The zero-order valence-electron chi connectivity index (χ0n) is 16.3. The van der Waals surface area contributed by atoms with Crippen LogP contribution in [0, 0.1) is 0 Å². The van der Waals surface area contributed by atoms with Gasteiger partial charge in [0.25, 0.3) is 0 Å². The number of rotatable bonds is 11. The van der Waals surface area contributed by atoms with Crippen LogP contribution in [0.25, 0.3) is 0 Å². The maximum absolute atomic E-state index is 12.3. The van der Waals surface area contributed by atoms with Gasteiger partial charge in [0.05, 0.1) is 24.6 Å². The Bertz CT molecular complexity index is 752. The molecule has 0 unspecified atom stereocenters. The molecule has 0 amide bonds. The minimum Gasteiger partial charge on any atom is -0.465 e. The van der Waals surface area contributed by atoms with E-state index in [0.717, 1.165) is 5.56 Å². The number of ketones is 1. The van der Waals surface area contributed by atoms with Crippen molar-refractivity contribution >= 4 is 21.6 Å². The Kier molecular flexibility index (Phi) is 9.38. The number of benzene rings is 1. The van der Waals surface area contributed by atoms with Crippen LogP contribution in [0.1, 0.15) is 39.7 Å². The lowest BCUT2D eigenvalue weighted by atomic mass is 10.0. The lowest BCUT2D eigenvalue weighted by Crippen LogP contribution is -2.27. The number of carbonyl (C=O) groups is 2. The molecule has 0 saturated carbocycles. The molecule has 1 rings (SSSR count). The third kappa shape index (κ3) is 8.49. The second-order valence-electron chi connectivity index (χ2n) is 6.42. The molecule has 0 bridgehead atoms. The van der Waals surface area contributed by atoms with Crippen molar-refractivity contribution in [3.8, 4) is 0 Å². The summed E-state index contributed by atoms with van der Waals surface area (Å²) in [5, 5.41) is -0.892. The number of esters is 1. The molecule has 0 fully saturated rings. The molecule has 6 nitrogen and oxygen atoms in total. The second kappa shape index (κ2) is 11.0. The van der Waals surface area contributed by atoms with Crippen LogP contribution in [-0.2, 0) is 35.5 Å². The smallest absolute Gasteiger partial charge is 0.321 e. The molecule has 0 heterocycles. The molecule has 0 aliphatic rings. The molecule has 1 aromatic rings. The van der Waals surface area contributed by atoms with Crippen molar-refractivity contribution in [2.45, 2.75) is 52.1 Å². The zero-order chi connectivity index (χ0) is 20.4. The van der Waals surface area contributed by atoms with E-state index in [1.165, 1.54) is 19.9 Å². The van der Waals surface area contributed by atoms with Crippen molar-refractivity contribution in [3.63, 3.8) is 0 Å². The summed E-state index contributed by atoms with van der Waals surface area (Å²) in [5.41, 5.74) is 1.60. The van der Waals surface area contributed by atoms with E-state index in [9.17, 15) is 18.0 Å². The fraction of sp³-hybridized carbons (Fsp3) is 0.500. The monoisotopic (exact) mass is 396 g/mol. The summed E-state index contributed by atoms with van der Waals surface area (Å²) in [7, 11) is -3.70. The normalized spacial score (nSPS) is 14.4. The third-order valence-corrected chi connectivity index (χ3v) is 5.87. The Morgan fingerprint density at radius 3 is 2.33 bits per heavy atom. The summed E-state index contributed by atoms with van der Waals surface area (Å²) < 4.78 is 35.2. The summed E-state index contributed by atoms with van der Waals surface area (Å²) in [6.07, 6.45) is 1.16. The molecular formula is C20H28O6S. The van der Waals surface area contributed by atoms with Crippen LogP contribution < -0.4 is 0 Å². The van der Waals surface area contributed by atoms with E-state index in [1.807, 2.05) is 30.3 Å². The molecule has 1 aromatic carbocycles. The van der Waals surface area contributed by atoms with Crippen LogP contribution in [0.5, 0.6) is 0 Å². The molecule has 7 heteroatoms. The number of hydrogen-bond acceptors (Lipinski definition) is 6. The Hall–Kier alpha value is -1.99. The number of Topliss-reactive ketones (excluding diaryl/α,β-unsaturated/α-hetero) is 1. The molecule has 27 heavy (non-hydrogen) atoms. The van der Waals surface area contributed by atoms with E-state index in [4.69, 9.17) is 9.47 Å². The van der Waals surface area contributed by atoms with Crippen LogP contribution in [0.3, 0.4) is 0 Å². The Morgan fingerprint density at radius 2 is 1.78 bits per heavy atom. The average molecular weight is 397 g/mol. The molecule has 0 N–H and O–H groups in total. The number of carbonyl (C=O) groups excluding carboxylic acids is 2. The fourth-order valence-electron chi connectivity index (χ4n) is 2.46. The summed E-state index contributed by atoms with van der Waals surface area (Å²) >= 11 is 0. The van der Waals surface area contributed by atoms with Gasteiger partial charge in [-0.15, -0.1) is 0 Å². The largest absolute Gasteiger partial charge is 0.465 e. The van der Waals surface area contributed by atoms with Gasteiger partial charge in [-0.25, -0.2) is 8.42 Å². The highest BCUT2D eigenvalue weighted by Gasteiger charge is 2.25. The highest BCUT2D eigenvalue weighted by molar-refractivity contribution is 7.92. The first-order valence-electron chi connectivity index (χ1n) is 8.86. The summed E-state index contributed by atoms with van der Waals surface area (Å²) in [6.45, 7) is 6.76. The molecule has 2 atom stereocenters. The van der Waals surface area contributed by atoms with Gasteiger partial charge in [0.15, 0.2) is 9.84 Å². The van der Waals surface area contributed by atoms with Gasteiger partial charge in [0.2, 0.25) is 0 Å². The van der Waals surface area contributed by atoms with Crippen molar-refractivity contribution < 1.29 is 27.5 Å². The van der Waals surface area contributed by atoms with Gasteiger partial charge in [-0.05, 0) is 38.8 Å². The third-order valence-electron chi connectivity index (χ3n) is 3.96. The van der Waals surface area contributed by atoms with Crippen LogP contribution in [-0.4, -0.2) is 43.9 Å². The predicted octanol–water partition coefficient (Wildman–Crippen LogP) is 2.86. The van der Waals surface area contributed by atoms with Crippen molar-refractivity contribution in [1.82, 2.24) is 0 Å². The molecule has 0 saturated heterocycles. The molecule has 0 aromatic heterocycles. The number of hydrogen-bond donors (Lipinski definition) is 0. The zero-order valence-corrected chi connectivity index (χ0v) is 17.1. The van der Waals surface area contributed by atoms with E-state index < -0.39 is 32.9 Å². The second-order valence-corrected chi connectivity index (χ2v) is 8.78. The van der Waals surface area contributed by atoms with E-state index in [2.05, 4.69) is 0 Å². The summed E-state index contributed by atoms with van der Waals surface area (Å²) in [5.74, 6) is -1.49. The quantitative estimate of drug-likeness (QED) is 0.422. The first kappa shape index (κ1) is 23.0. The predicted molar refractivity (Wildman–Crippen MR) is 104 cm³/mol. The van der Waals surface area contributed by atoms with Gasteiger partial charge in [0, 0.05) is 6.42 Å². The molecule has 0 aliphatic heterocycles. The Labute approximate surface area is 161 Å². The first-order valence-corrected chi connectivity index (χ1v) is 10.6. The molecule has 0 radical (unpaired) electrons. The van der Waals surface area contributed by atoms with Crippen LogP contribution >= 0.6 is 0 Å². The standard InChI is InChI=1S/C20H28O6S/c1-5-25-20(22)14-27(23,24)17(4)11-15(2)19(12-16(3)21)26-13-18-9-7-6-8-10-18/h6-11,17,19H,5,12-14H2,1-4H3/b15-11-/t17-,19+/m0/s1. The highest BCUT2D eigenvalue weighted by Crippen LogP contribution is 2.17. The molecule has 0 spiro atoms. The van der Waals surface area contributed by atoms with Crippen LogP contribution in [0.4, 0.5) is 0 Å². The van der Waals surface area contributed by atoms with E-state index in [0.29, 0.717) is 12.2 Å². The van der Waals surface area contributed by atoms with Gasteiger partial charge in [-0.1, -0.05) is 36.4 Å². The van der Waals surface area contributed by atoms with E-state index in [1.54, 1.807) is 13.8 Å². The number of ether oxygens (including phenoxy) is 2. The Balaban J connectivity index is 2.87. The van der Waals surface area contributed by atoms with Crippen LogP contribution in [0.2, 0.25) is 0 Å². The van der Waals surface area contributed by atoms with Gasteiger partial charge in [-0.3, -0.25) is 9.59 Å². The minimum absolute atomic E-state index is 0.0529. The SMILES string of the molecule is CCOC(=O)CS(=O)(=O)[C@@H](C)/C=C(/C)[C@@H](CC(C)=O)OCc1ccccc1. The van der Waals surface area contributed by atoms with Crippen molar-refractivity contribution in [2.75, 3.05) is 12.4 Å². The van der Waals surface area contributed by atoms with Gasteiger partial charge in [0.1, 0.15) is 11.5 Å². The van der Waals surface area contributed by atoms with E-state index >= 15 is 0 Å². The fourth-order valence-corrected chi connectivity index (χ4v) is 3.56. The highest BCUT2D eigenvalue weighted by atomic mass is 32.2. The maximum Gasteiger partial charge on any atom is 0.321 e. The average Bonchev–Trinajstić information content (AvgIpc) is 2.58. The first-order chi connectivity index (χ1) is 12.7. The van der Waals surface area contributed by atoms with Crippen molar-refractivity contribution in [1.29, 1.82) is 0 Å². The van der Waals surface area contributed by atoms with Gasteiger partial charge in [-0.2, -0.15) is 0 Å². The van der Waals surface area contributed by atoms with Crippen LogP contribution in [0.15, 0.2) is 42.0 Å². The molecule has 0 aliphatic carbocycles. The Morgan fingerprint density at radius 1 is 1.15 bits per heavy atom. The molecular weight excluding hydrogens is 368 g/mol. The van der Waals surface area contributed by atoms with Crippen molar-refractivity contribution in [3.05, 3.63) is 47.5 Å². The summed E-state index contributed by atoms with van der Waals surface area (Å²) in [6, 6.07) is 9.52. The van der Waals surface area contributed by atoms with E-state index in [-0.39, 0.29) is 18.8 Å². The number of sulfone groups is 1. The topological polar surface area (TPSA) is 86.7 Å². The lowest BCUT2D eigenvalue weighted by molar-refractivity contribution is -0.140. The van der Waals surface area contributed by atoms with Gasteiger partial charge >= 0.3 is 5.97 Å². The summed E-state index contributed by atoms with van der Waals surface area (Å²) in [4.78, 5) is 23.1. The molecule has 150 valence electrons. The van der Waals surface area contributed by atoms with Gasteiger partial charge < -0.3 is 9.47 Å². The van der Waals surface area contributed by atoms with Crippen molar-refractivity contribution in [2.24, 2.45) is 0 Å². The minimum atomic E-state index is -3.70. The lowest BCUT2D eigenvalue weighted by Gasteiger charge is -2.19.